The standard InChI is InChI=1S/C28H31N3O2S2/c1-16-6-4-5-7-21(16)29-22(32)15-31-27-26(35-28(31)33)23(17-10-12-20(13-11-17)30(2)3)24-18-8-9-19(14-18)25(24)34-27/h4-7,10-13,18-19,23-25H,8-9,14-15H2,1-3H3,(H,29,32)/t18-,19-,23-,24-,25+/m0/s1. The van der Waals surface area contributed by atoms with Gasteiger partial charge in [0.1, 0.15) is 6.54 Å². The van der Waals surface area contributed by atoms with E-state index in [-0.39, 0.29) is 23.2 Å². The van der Waals surface area contributed by atoms with Crippen molar-refractivity contribution < 1.29 is 4.79 Å². The number of nitrogens with zero attached hydrogens (tertiary/aromatic N) is 2. The maximum atomic E-state index is 13.3. The molecule has 0 radical (unpaired) electrons. The lowest BCUT2D eigenvalue weighted by molar-refractivity contribution is -0.116. The lowest BCUT2D eigenvalue weighted by atomic mass is 9.75. The summed E-state index contributed by atoms with van der Waals surface area (Å²) in [6.07, 6.45) is 3.91. The monoisotopic (exact) mass is 505 g/mol. The Morgan fingerprint density at radius 3 is 2.57 bits per heavy atom. The van der Waals surface area contributed by atoms with Crippen molar-refractivity contribution in [1.82, 2.24) is 4.57 Å². The molecule has 2 heterocycles. The molecule has 2 saturated carbocycles. The van der Waals surface area contributed by atoms with Gasteiger partial charge >= 0.3 is 4.87 Å². The first-order valence-corrected chi connectivity index (χ1v) is 14.1. The van der Waals surface area contributed by atoms with Crippen LogP contribution in [0.3, 0.4) is 0 Å². The molecule has 2 bridgehead atoms. The first-order chi connectivity index (χ1) is 16.9. The highest BCUT2D eigenvalue weighted by molar-refractivity contribution is 8.00. The summed E-state index contributed by atoms with van der Waals surface area (Å²) in [5.41, 5.74) is 4.30. The molecule has 0 spiro atoms. The van der Waals surface area contributed by atoms with E-state index in [0.717, 1.165) is 33.0 Å². The van der Waals surface area contributed by atoms with Gasteiger partial charge in [-0.2, -0.15) is 0 Å². The minimum Gasteiger partial charge on any atom is -0.378 e. The molecule has 0 saturated heterocycles. The number of benzene rings is 2. The number of thioether (sulfide) groups is 1. The largest absolute Gasteiger partial charge is 0.378 e. The second kappa shape index (κ2) is 8.86. The van der Waals surface area contributed by atoms with E-state index in [0.29, 0.717) is 11.2 Å². The van der Waals surface area contributed by atoms with Crippen molar-refractivity contribution in [2.75, 3.05) is 24.3 Å². The van der Waals surface area contributed by atoms with Crippen LogP contribution in [0.2, 0.25) is 0 Å². The van der Waals surface area contributed by atoms with Crippen LogP contribution in [-0.4, -0.2) is 29.8 Å². The smallest absolute Gasteiger partial charge is 0.308 e. The molecule has 2 aliphatic carbocycles. The van der Waals surface area contributed by atoms with Gasteiger partial charge in [0.2, 0.25) is 5.91 Å². The highest BCUT2D eigenvalue weighted by atomic mass is 32.2. The summed E-state index contributed by atoms with van der Waals surface area (Å²) in [5, 5.41) is 4.56. The summed E-state index contributed by atoms with van der Waals surface area (Å²) < 4.78 is 1.74. The van der Waals surface area contributed by atoms with E-state index in [1.54, 1.807) is 4.57 Å². The molecule has 182 valence electrons. The second-order valence-corrected chi connectivity index (χ2v) is 12.6. The first-order valence-electron chi connectivity index (χ1n) is 12.4. The minimum absolute atomic E-state index is 0.0235. The summed E-state index contributed by atoms with van der Waals surface area (Å²) in [5.74, 6) is 2.12. The lowest BCUT2D eigenvalue weighted by Crippen LogP contribution is -2.34. The summed E-state index contributed by atoms with van der Waals surface area (Å²) in [6.45, 7) is 2.04. The summed E-state index contributed by atoms with van der Waals surface area (Å²) >= 11 is 3.24. The number of aromatic nitrogens is 1. The summed E-state index contributed by atoms with van der Waals surface area (Å²) in [4.78, 5) is 29.5. The van der Waals surface area contributed by atoms with Crippen molar-refractivity contribution in [3.63, 3.8) is 0 Å². The van der Waals surface area contributed by atoms with Crippen LogP contribution in [0.15, 0.2) is 58.4 Å². The van der Waals surface area contributed by atoms with Crippen LogP contribution < -0.4 is 15.1 Å². The van der Waals surface area contributed by atoms with Crippen molar-refractivity contribution in [2.24, 2.45) is 17.8 Å². The maximum absolute atomic E-state index is 13.3. The predicted molar refractivity (Wildman–Crippen MR) is 145 cm³/mol. The van der Waals surface area contributed by atoms with Crippen molar-refractivity contribution in [3.8, 4) is 0 Å². The number of hydrogen-bond donors (Lipinski definition) is 1. The fourth-order valence-corrected chi connectivity index (χ4v) is 9.64. The third kappa shape index (κ3) is 3.93. The number of fused-ring (bicyclic) bond motifs is 6. The van der Waals surface area contributed by atoms with Gasteiger partial charge in [-0.25, -0.2) is 0 Å². The van der Waals surface area contributed by atoms with Crippen LogP contribution in [0, 0.1) is 24.7 Å². The van der Waals surface area contributed by atoms with Crippen LogP contribution in [0.1, 0.15) is 41.2 Å². The molecular weight excluding hydrogens is 474 g/mol. The van der Waals surface area contributed by atoms with E-state index in [1.165, 1.54) is 41.9 Å². The fraction of sp³-hybridized carbons (Fsp3) is 0.429. The summed E-state index contributed by atoms with van der Waals surface area (Å²) in [6, 6.07) is 16.6. The number of carbonyl (C=O) groups excluding carboxylic acids is 1. The van der Waals surface area contributed by atoms with Crippen LogP contribution in [0.4, 0.5) is 11.4 Å². The third-order valence-electron chi connectivity index (χ3n) is 8.18. The summed E-state index contributed by atoms with van der Waals surface area (Å²) in [7, 11) is 4.12. The molecule has 7 heteroatoms. The second-order valence-electron chi connectivity index (χ2n) is 10.4. The van der Waals surface area contributed by atoms with Gasteiger partial charge in [-0.05, 0) is 73.3 Å². The number of anilines is 2. The van der Waals surface area contributed by atoms with Crippen molar-refractivity contribution in [1.29, 1.82) is 0 Å². The molecule has 5 atom stereocenters. The zero-order valence-corrected chi connectivity index (χ0v) is 22.0. The zero-order chi connectivity index (χ0) is 24.3. The zero-order valence-electron chi connectivity index (χ0n) is 20.4. The average molecular weight is 506 g/mol. The van der Waals surface area contributed by atoms with Crippen LogP contribution in [-0.2, 0) is 11.3 Å². The Bertz CT molecular complexity index is 1330. The Balaban J connectivity index is 1.37. The molecule has 0 unspecified atom stereocenters. The molecule has 1 aliphatic heterocycles. The topological polar surface area (TPSA) is 54.3 Å². The number of hydrogen-bond acceptors (Lipinski definition) is 5. The lowest BCUT2D eigenvalue weighted by Gasteiger charge is -2.40. The number of carbonyl (C=O) groups is 1. The fourth-order valence-electron chi connectivity index (χ4n) is 6.49. The van der Waals surface area contributed by atoms with E-state index in [4.69, 9.17) is 0 Å². The van der Waals surface area contributed by atoms with E-state index < -0.39 is 0 Å². The number of thiazole rings is 1. The molecule has 1 N–H and O–H groups in total. The Labute approximate surface area is 214 Å². The molecule has 5 nitrogen and oxygen atoms in total. The number of amides is 1. The molecule has 3 aliphatic rings. The number of aryl methyl sites for hydroxylation is 1. The van der Waals surface area contributed by atoms with Gasteiger partial charge in [-0.1, -0.05) is 41.7 Å². The number of rotatable bonds is 5. The van der Waals surface area contributed by atoms with E-state index in [9.17, 15) is 9.59 Å². The van der Waals surface area contributed by atoms with Gasteiger partial charge in [-0.15, -0.1) is 11.8 Å². The van der Waals surface area contributed by atoms with Crippen LogP contribution >= 0.6 is 23.1 Å². The highest BCUT2D eigenvalue weighted by Gasteiger charge is 2.55. The predicted octanol–water partition coefficient (Wildman–Crippen LogP) is 5.58. The normalized spacial score (nSPS) is 26.3. The first kappa shape index (κ1) is 22.9. The van der Waals surface area contributed by atoms with E-state index >= 15 is 0 Å². The quantitative estimate of drug-likeness (QED) is 0.492. The SMILES string of the molecule is Cc1ccccc1NC(=O)Cn1c2c(sc1=O)[C@@H](c1ccc(N(C)C)cc1)[C@@H]1[C@H]3CC[C@@H](C3)[C@H]1S2. The number of nitrogens with one attached hydrogen (secondary N) is 1. The molecular formula is C28H31N3O2S2. The molecule has 1 amide bonds. The molecule has 3 aromatic rings. The van der Waals surface area contributed by atoms with Gasteiger partial charge in [0.05, 0.1) is 5.03 Å². The van der Waals surface area contributed by atoms with Gasteiger partial charge in [0.15, 0.2) is 0 Å². The minimum atomic E-state index is -0.149. The van der Waals surface area contributed by atoms with Crippen molar-refractivity contribution in [3.05, 3.63) is 74.2 Å². The van der Waals surface area contributed by atoms with Gasteiger partial charge < -0.3 is 10.2 Å². The van der Waals surface area contributed by atoms with E-state index in [2.05, 4.69) is 48.6 Å². The Hall–Kier alpha value is -2.51. The van der Waals surface area contributed by atoms with E-state index in [1.807, 2.05) is 43.0 Å². The Morgan fingerprint density at radius 2 is 1.83 bits per heavy atom. The third-order valence-corrected chi connectivity index (χ3v) is 11.0. The van der Waals surface area contributed by atoms with Crippen molar-refractivity contribution >= 4 is 40.4 Å². The Kier molecular flexibility index (Phi) is 5.80. The molecule has 2 aromatic carbocycles. The van der Waals surface area contributed by atoms with Crippen molar-refractivity contribution in [2.45, 2.75) is 48.9 Å². The van der Waals surface area contributed by atoms with Crippen LogP contribution in [0.5, 0.6) is 0 Å². The number of para-hydroxylation sites is 1. The molecule has 35 heavy (non-hydrogen) atoms. The Morgan fingerprint density at radius 1 is 1.09 bits per heavy atom. The van der Waals surface area contributed by atoms with Crippen LogP contribution in [0.25, 0.3) is 0 Å². The highest BCUT2D eigenvalue weighted by Crippen LogP contribution is 2.64. The van der Waals surface area contributed by atoms with Gasteiger partial charge in [0, 0.05) is 41.5 Å². The maximum Gasteiger partial charge on any atom is 0.308 e. The average Bonchev–Trinajstić information content (AvgIpc) is 3.54. The molecule has 1 aromatic heterocycles. The van der Waals surface area contributed by atoms with Gasteiger partial charge in [0.25, 0.3) is 0 Å². The van der Waals surface area contributed by atoms with Gasteiger partial charge in [-0.3, -0.25) is 14.2 Å². The molecule has 2 fully saturated rings. The molecule has 6 rings (SSSR count).